The molecule has 0 aromatic heterocycles. The summed E-state index contributed by atoms with van der Waals surface area (Å²) in [5.41, 5.74) is 0. The maximum Gasteiger partial charge on any atom is 0.470 e. The normalized spacial score (nSPS) is 15.6. The van der Waals surface area contributed by atoms with Crippen molar-refractivity contribution in [3.05, 3.63) is 12.7 Å². The van der Waals surface area contributed by atoms with Crippen LogP contribution in [0.25, 0.3) is 0 Å². The molecule has 6 nitrogen and oxygen atoms in total. The van der Waals surface area contributed by atoms with E-state index in [9.17, 15) is 13.3 Å². The van der Waals surface area contributed by atoms with Crippen LogP contribution >= 0.6 is 7.82 Å². The molecule has 2 unspecified atom stereocenters. The summed E-state index contributed by atoms with van der Waals surface area (Å²) < 4.78 is 50.5. The van der Waals surface area contributed by atoms with Gasteiger partial charge in [0.15, 0.2) is 6.10 Å². The van der Waals surface area contributed by atoms with Crippen molar-refractivity contribution in [2.45, 2.75) is 25.2 Å². The molecule has 0 fully saturated rings. The topological polar surface area (TPSA) is 85.2 Å². The van der Waals surface area contributed by atoms with Crippen LogP contribution in [0.5, 0.6) is 0 Å². The van der Waals surface area contributed by atoms with Crippen LogP contribution in [0.3, 0.4) is 0 Å². The summed E-state index contributed by atoms with van der Waals surface area (Å²) >= 11 is 0. The first-order valence-corrected chi connectivity index (χ1v) is 6.59. The molecular weight excluding hydrogens is 285 g/mol. The SMILES string of the molecule is C#CC(C)OCC(OP(=O)(O)O)C(F)(F)OCC=C. The second kappa shape index (κ2) is 7.70. The molecule has 0 saturated carbocycles. The molecule has 0 saturated heterocycles. The fraction of sp³-hybridized carbons (Fsp3) is 0.600. The molecule has 0 heterocycles. The highest BCUT2D eigenvalue weighted by atomic mass is 31.2. The molecule has 2 N–H and O–H groups in total. The van der Waals surface area contributed by atoms with E-state index in [2.05, 4.69) is 21.8 Å². The third-order valence-corrected chi connectivity index (χ3v) is 2.29. The minimum Gasteiger partial charge on any atom is -0.363 e. The average Bonchev–Trinajstić information content (AvgIpc) is 2.29. The van der Waals surface area contributed by atoms with Crippen molar-refractivity contribution >= 4 is 7.82 Å². The molecule has 0 radical (unpaired) electrons. The standard InChI is InChI=1S/C10H15F2O6P/c1-4-6-17-10(11,12)9(18-19(13,14)15)7-16-8(3)5-2/h2,4,8-9H,1,6-7H2,3H3,(H2,13,14,15). The van der Waals surface area contributed by atoms with E-state index in [4.69, 9.17) is 20.9 Å². The first kappa shape index (κ1) is 18.2. The van der Waals surface area contributed by atoms with Crippen LogP contribution in [0, 0.1) is 12.3 Å². The summed E-state index contributed by atoms with van der Waals surface area (Å²) in [7, 11) is -5.14. The summed E-state index contributed by atoms with van der Waals surface area (Å²) in [5, 5.41) is 0. The first-order valence-electron chi connectivity index (χ1n) is 5.06. The summed E-state index contributed by atoms with van der Waals surface area (Å²) in [6.07, 6.45) is -1.07. The number of rotatable bonds is 9. The molecular formula is C10H15F2O6P. The lowest BCUT2D eigenvalue weighted by molar-refractivity contribution is -0.288. The van der Waals surface area contributed by atoms with Crippen molar-refractivity contribution < 1.29 is 37.1 Å². The van der Waals surface area contributed by atoms with Gasteiger partial charge in [-0.1, -0.05) is 12.0 Å². The number of halogens is 2. The third-order valence-electron chi connectivity index (χ3n) is 1.77. The van der Waals surface area contributed by atoms with Crippen molar-refractivity contribution in [3.8, 4) is 12.3 Å². The number of hydrogen-bond acceptors (Lipinski definition) is 4. The van der Waals surface area contributed by atoms with Gasteiger partial charge < -0.3 is 19.3 Å². The molecule has 2 atom stereocenters. The van der Waals surface area contributed by atoms with Gasteiger partial charge in [0.1, 0.15) is 6.10 Å². The molecule has 0 rings (SSSR count). The highest BCUT2D eigenvalue weighted by molar-refractivity contribution is 7.46. The lowest BCUT2D eigenvalue weighted by Crippen LogP contribution is -2.42. The molecule has 0 aliphatic heterocycles. The van der Waals surface area contributed by atoms with Crippen LogP contribution < -0.4 is 0 Å². The number of ether oxygens (including phenoxy) is 2. The zero-order valence-electron chi connectivity index (χ0n) is 10.2. The Bertz CT molecular complexity index is 375. The highest BCUT2D eigenvalue weighted by Gasteiger charge is 2.45. The number of alkyl halides is 2. The molecule has 0 spiro atoms. The lowest BCUT2D eigenvalue weighted by Gasteiger charge is -2.26. The Labute approximate surface area is 109 Å². The molecule has 110 valence electrons. The van der Waals surface area contributed by atoms with Gasteiger partial charge in [-0.2, -0.15) is 8.78 Å². The second-order valence-corrected chi connectivity index (χ2v) is 4.58. The quantitative estimate of drug-likeness (QED) is 0.379. The van der Waals surface area contributed by atoms with Crippen LogP contribution in [-0.2, 0) is 18.6 Å². The number of terminal acetylenes is 1. The van der Waals surface area contributed by atoms with Gasteiger partial charge in [0.05, 0.1) is 13.2 Å². The summed E-state index contributed by atoms with van der Waals surface area (Å²) in [4.78, 5) is 17.2. The van der Waals surface area contributed by atoms with E-state index in [1.54, 1.807) is 0 Å². The van der Waals surface area contributed by atoms with Crippen molar-refractivity contribution in [1.29, 1.82) is 0 Å². The molecule has 0 bridgehead atoms. The van der Waals surface area contributed by atoms with E-state index in [0.717, 1.165) is 6.08 Å². The Morgan fingerprint density at radius 2 is 2.16 bits per heavy atom. The number of hydrogen-bond donors (Lipinski definition) is 2. The predicted octanol–water partition coefficient (Wildman–Crippen LogP) is 1.30. The van der Waals surface area contributed by atoms with Crippen molar-refractivity contribution in [2.75, 3.05) is 13.2 Å². The predicted molar refractivity (Wildman–Crippen MR) is 62.3 cm³/mol. The fourth-order valence-corrected chi connectivity index (χ4v) is 1.41. The van der Waals surface area contributed by atoms with Gasteiger partial charge in [-0.3, -0.25) is 4.52 Å². The van der Waals surface area contributed by atoms with Gasteiger partial charge in [0, 0.05) is 0 Å². The average molecular weight is 300 g/mol. The highest BCUT2D eigenvalue weighted by Crippen LogP contribution is 2.41. The van der Waals surface area contributed by atoms with Crippen LogP contribution in [0.4, 0.5) is 8.78 Å². The summed E-state index contributed by atoms with van der Waals surface area (Å²) in [5.74, 6) is 2.10. The number of phosphoric ester groups is 1. The lowest BCUT2D eigenvalue weighted by atomic mass is 10.3. The minimum absolute atomic E-state index is 0.529. The van der Waals surface area contributed by atoms with Gasteiger partial charge in [-0.05, 0) is 6.92 Å². The zero-order valence-corrected chi connectivity index (χ0v) is 11.1. The van der Waals surface area contributed by atoms with Crippen molar-refractivity contribution in [2.24, 2.45) is 0 Å². The van der Waals surface area contributed by atoms with E-state index in [0.29, 0.717) is 0 Å². The number of phosphoric acid groups is 1. The largest absolute Gasteiger partial charge is 0.470 e. The van der Waals surface area contributed by atoms with Crippen LogP contribution in [0.15, 0.2) is 12.7 Å². The first-order chi connectivity index (χ1) is 8.62. The van der Waals surface area contributed by atoms with Gasteiger partial charge in [0.25, 0.3) is 0 Å². The Morgan fingerprint density at radius 3 is 2.58 bits per heavy atom. The second-order valence-electron chi connectivity index (χ2n) is 3.39. The van der Waals surface area contributed by atoms with Crippen molar-refractivity contribution in [1.82, 2.24) is 0 Å². The maximum absolute atomic E-state index is 13.5. The van der Waals surface area contributed by atoms with Crippen LogP contribution in [0.2, 0.25) is 0 Å². The monoisotopic (exact) mass is 300 g/mol. The van der Waals surface area contributed by atoms with E-state index >= 15 is 0 Å². The maximum atomic E-state index is 13.5. The summed E-state index contributed by atoms with van der Waals surface area (Å²) in [6.45, 7) is 3.20. The van der Waals surface area contributed by atoms with Crippen LogP contribution in [-0.4, -0.2) is 41.3 Å². The van der Waals surface area contributed by atoms with Gasteiger partial charge >= 0.3 is 13.9 Å². The summed E-state index contributed by atoms with van der Waals surface area (Å²) in [6, 6.07) is 0. The van der Waals surface area contributed by atoms with Gasteiger partial charge in [-0.25, -0.2) is 4.57 Å². The van der Waals surface area contributed by atoms with E-state index in [1.807, 2.05) is 0 Å². The van der Waals surface area contributed by atoms with Gasteiger partial charge in [0.2, 0.25) is 0 Å². The Balaban J connectivity index is 4.79. The third kappa shape index (κ3) is 8.06. The fourth-order valence-electron chi connectivity index (χ4n) is 0.897. The van der Waals surface area contributed by atoms with E-state index in [-0.39, 0.29) is 0 Å². The van der Waals surface area contributed by atoms with Crippen molar-refractivity contribution in [3.63, 3.8) is 0 Å². The Hall–Kier alpha value is -0.810. The molecule has 19 heavy (non-hydrogen) atoms. The van der Waals surface area contributed by atoms with E-state index in [1.165, 1.54) is 6.92 Å². The van der Waals surface area contributed by atoms with Crippen LogP contribution in [0.1, 0.15) is 6.92 Å². The minimum atomic E-state index is -5.14. The Kier molecular flexibility index (Phi) is 7.37. The van der Waals surface area contributed by atoms with Gasteiger partial charge in [-0.15, -0.1) is 13.0 Å². The van der Waals surface area contributed by atoms with E-state index < -0.39 is 39.4 Å². The molecule has 0 aliphatic carbocycles. The molecule has 0 amide bonds. The molecule has 0 aromatic carbocycles. The zero-order chi connectivity index (χ0) is 15.1. The smallest absolute Gasteiger partial charge is 0.363 e. The molecule has 9 heteroatoms. The molecule has 0 aliphatic rings. The Morgan fingerprint density at radius 1 is 1.58 bits per heavy atom. The molecule has 0 aromatic rings.